The van der Waals surface area contributed by atoms with E-state index in [9.17, 15) is 10.5 Å². The number of rotatable bonds is 12. The molecular formula is C24H28N6O2. The lowest BCUT2D eigenvalue weighted by Gasteiger charge is -2.14. The predicted molar refractivity (Wildman–Crippen MR) is 121 cm³/mol. The van der Waals surface area contributed by atoms with Gasteiger partial charge in [-0.3, -0.25) is 0 Å². The average molecular weight is 433 g/mol. The molecule has 0 spiro atoms. The summed E-state index contributed by atoms with van der Waals surface area (Å²) < 4.78 is 12.1. The van der Waals surface area contributed by atoms with Crippen LogP contribution in [0.4, 0.5) is 0 Å². The molecule has 3 aromatic rings. The lowest BCUT2D eigenvalue weighted by atomic mass is 10.2. The molecule has 0 N–H and O–H groups in total. The van der Waals surface area contributed by atoms with Gasteiger partial charge in [-0.1, -0.05) is 52.4 Å². The van der Waals surface area contributed by atoms with Crippen LogP contribution in [0.3, 0.4) is 0 Å². The van der Waals surface area contributed by atoms with Crippen molar-refractivity contribution in [2.24, 2.45) is 0 Å². The second-order valence-corrected chi connectivity index (χ2v) is 7.62. The normalized spacial score (nSPS) is 10.8. The number of nitrogens with zero attached hydrogens (tertiary/aromatic N) is 6. The van der Waals surface area contributed by atoms with Gasteiger partial charge in [0.1, 0.15) is 12.1 Å². The molecular weight excluding hydrogens is 404 g/mol. The fourth-order valence-electron chi connectivity index (χ4n) is 3.32. The van der Waals surface area contributed by atoms with Crippen LogP contribution in [0.5, 0.6) is 11.5 Å². The highest BCUT2D eigenvalue weighted by Gasteiger charge is 2.15. The molecule has 0 aliphatic heterocycles. The summed E-state index contributed by atoms with van der Waals surface area (Å²) >= 11 is 0. The molecule has 2 aromatic heterocycles. The van der Waals surface area contributed by atoms with Crippen molar-refractivity contribution in [2.45, 2.75) is 65.2 Å². The molecule has 166 valence electrons. The molecule has 0 unspecified atom stereocenters. The van der Waals surface area contributed by atoms with Crippen LogP contribution in [0, 0.1) is 22.7 Å². The van der Waals surface area contributed by atoms with Crippen LogP contribution in [0.15, 0.2) is 12.1 Å². The van der Waals surface area contributed by atoms with Gasteiger partial charge in [0.05, 0.1) is 24.2 Å². The fraction of sp³-hybridized carbons (Fsp3) is 0.500. The smallest absolute Gasteiger partial charge is 0.199 e. The van der Waals surface area contributed by atoms with Gasteiger partial charge in [-0.25, -0.2) is 19.9 Å². The first kappa shape index (κ1) is 23.1. The number of unbranched alkanes of at least 4 members (excludes halogenated alkanes) is 6. The van der Waals surface area contributed by atoms with Gasteiger partial charge >= 0.3 is 0 Å². The summed E-state index contributed by atoms with van der Waals surface area (Å²) in [4.78, 5) is 17.3. The van der Waals surface area contributed by atoms with Crippen LogP contribution in [0.1, 0.15) is 76.6 Å². The van der Waals surface area contributed by atoms with Crippen LogP contribution < -0.4 is 9.47 Å². The summed E-state index contributed by atoms with van der Waals surface area (Å²) in [5.41, 5.74) is 1.45. The topological polar surface area (TPSA) is 118 Å². The molecule has 32 heavy (non-hydrogen) atoms. The maximum atomic E-state index is 9.21. The van der Waals surface area contributed by atoms with Crippen LogP contribution in [-0.4, -0.2) is 33.1 Å². The quantitative estimate of drug-likeness (QED) is 0.282. The van der Waals surface area contributed by atoms with Crippen molar-refractivity contribution in [3.8, 4) is 23.6 Å². The first-order valence-electron chi connectivity index (χ1n) is 11.3. The van der Waals surface area contributed by atoms with Crippen molar-refractivity contribution in [1.29, 1.82) is 10.5 Å². The number of hydrogen-bond acceptors (Lipinski definition) is 8. The molecule has 8 nitrogen and oxygen atoms in total. The molecule has 0 radical (unpaired) electrons. The molecule has 0 aliphatic rings. The van der Waals surface area contributed by atoms with Gasteiger partial charge < -0.3 is 9.47 Å². The third-order valence-electron chi connectivity index (χ3n) is 5.08. The van der Waals surface area contributed by atoms with E-state index in [2.05, 4.69) is 33.8 Å². The van der Waals surface area contributed by atoms with E-state index >= 15 is 0 Å². The number of ether oxygens (including phenoxy) is 2. The first-order chi connectivity index (χ1) is 15.7. The van der Waals surface area contributed by atoms with Gasteiger partial charge in [0.25, 0.3) is 0 Å². The Morgan fingerprint density at radius 2 is 1.09 bits per heavy atom. The highest BCUT2D eigenvalue weighted by Crippen LogP contribution is 2.32. The van der Waals surface area contributed by atoms with Crippen LogP contribution in [0.25, 0.3) is 22.3 Å². The van der Waals surface area contributed by atoms with Gasteiger partial charge in [-0.05, 0) is 12.8 Å². The molecule has 0 bridgehead atoms. The molecule has 0 saturated heterocycles. The van der Waals surface area contributed by atoms with E-state index in [1.807, 2.05) is 12.1 Å². The third-order valence-corrected chi connectivity index (χ3v) is 5.08. The monoisotopic (exact) mass is 432 g/mol. The van der Waals surface area contributed by atoms with Crippen molar-refractivity contribution in [1.82, 2.24) is 19.9 Å². The molecule has 0 atom stereocenters. The largest absolute Gasteiger partial charge is 0.490 e. The second kappa shape index (κ2) is 11.8. The van der Waals surface area contributed by atoms with E-state index in [0.29, 0.717) is 35.7 Å². The average Bonchev–Trinajstić information content (AvgIpc) is 2.81. The molecule has 8 heteroatoms. The van der Waals surface area contributed by atoms with Gasteiger partial charge in [0, 0.05) is 12.1 Å². The number of fused-ring (bicyclic) bond motifs is 2. The summed E-state index contributed by atoms with van der Waals surface area (Å²) in [7, 11) is 0. The number of aromatic nitrogens is 4. The summed E-state index contributed by atoms with van der Waals surface area (Å²) in [5.74, 6) is 1.25. The zero-order chi connectivity index (χ0) is 22.8. The maximum Gasteiger partial charge on any atom is 0.199 e. The Labute approximate surface area is 188 Å². The first-order valence-corrected chi connectivity index (χ1v) is 11.3. The molecule has 0 amide bonds. The van der Waals surface area contributed by atoms with Crippen LogP contribution in [0.2, 0.25) is 0 Å². The van der Waals surface area contributed by atoms with E-state index in [0.717, 1.165) is 25.7 Å². The Balaban J connectivity index is 1.92. The lowest BCUT2D eigenvalue weighted by molar-refractivity contribution is 0.259. The molecule has 0 fully saturated rings. The molecule has 1 aromatic carbocycles. The minimum atomic E-state index is -0.0620. The number of hydrogen-bond donors (Lipinski definition) is 0. The highest BCUT2D eigenvalue weighted by atomic mass is 16.5. The summed E-state index contributed by atoms with van der Waals surface area (Å²) in [6.45, 7) is 5.56. The zero-order valence-corrected chi connectivity index (χ0v) is 18.7. The predicted octanol–water partition coefficient (Wildman–Crippen LogP) is 5.23. The van der Waals surface area contributed by atoms with Crippen LogP contribution in [-0.2, 0) is 0 Å². The number of benzene rings is 1. The Bertz CT molecular complexity index is 1060. The van der Waals surface area contributed by atoms with E-state index in [1.165, 1.54) is 25.7 Å². The van der Waals surface area contributed by atoms with E-state index in [4.69, 9.17) is 9.47 Å². The Morgan fingerprint density at radius 1 is 0.656 bits per heavy atom. The SMILES string of the molecule is CCCCCCOc1cc2nc3nc(C#N)c(C#N)nc3nc2cc1OCCCCCC. The molecule has 2 heterocycles. The third kappa shape index (κ3) is 5.79. The lowest BCUT2D eigenvalue weighted by Crippen LogP contribution is -2.04. The van der Waals surface area contributed by atoms with Gasteiger partial charge in [-0.15, -0.1) is 0 Å². The maximum absolute atomic E-state index is 9.21. The Kier molecular flexibility index (Phi) is 8.51. The molecule has 3 rings (SSSR count). The van der Waals surface area contributed by atoms with Gasteiger partial charge in [0.15, 0.2) is 34.2 Å². The molecule has 0 aliphatic carbocycles. The van der Waals surface area contributed by atoms with E-state index in [1.54, 1.807) is 12.1 Å². The van der Waals surface area contributed by atoms with Crippen molar-refractivity contribution >= 4 is 22.3 Å². The second-order valence-electron chi connectivity index (χ2n) is 7.62. The Hall–Kier alpha value is -3.52. The van der Waals surface area contributed by atoms with Crippen molar-refractivity contribution in [3.63, 3.8) is 0 Å². The fourth-order valence-corrected chi connectivity index (χ4v) is 3.32. The summed E-state index contributed by atoms with van der Waals surface area (Å²) in [6.07, 6.45) is 8.89. The standard InChI is InChI=1S/C24H28N6O2/c1-3-5-7-9-11-31-21-13-17-18(14-22(21)32-12-10-8-6-4-2)28-24-23(27-17)29-19(15-25)20(16-26)30-24/h13-14H,3-12H2,1-2H3. The summed E-state index contributed by atoms with van der Waals surface area (Å²) in [5, 5.41) is 18.4. The van der Waals surface area contributed by atoms with Crippen molar-refractivity contribution in [3.05, 3.63) is 23.5 Å². The highest BCUT2D eigenvalue weighted by molar-refractivity contribution is 5.85. The van der Waals surface area contributed by atoms with E-state index in [-0.39, 0.29) is 22.7 Å². The van der Waals surface area contributed by atoms with Crippen molar-refractivity contribution < 1.29 is 9.47 Å². The van der Waals surface area contributed by atoms with Crippen molar-refractivity contribution in [2.75, 3.05) is 13.2 Å². The molecule has 0 saturated carbocycles. The van der Waals surface area contributed by atoms with Gasteiger partial charge in [0.2, 0.25) is 0 Å². The minimum Gasteiger partial charge on any atom is -0.490 e. The Morgan fingerprint density at radius 3 is 1.47 bits per heavy atom. The summed E-state index contributed by atoms with van der Waals surface area (Å²) in [6, 6.07) is 7.36. The van der Waals surface area contributed by atoms with E-state index < -0.39 is 0 Å². The zero-order valence-electron chi connectivity index (χ0n) is 18.7. The van der Waals surface area contributed by atoms with Crippen LogP contribution >= 0.6 is 0 Å². The minimum absolute atomic E-state index is 0.0620. The van der Waals surface area contributed by atoms with Gasteiger partial charge in [-0.2, -0.15) is 10.5 Å². The number of nitriles is 2.